The lowest BCUT2D eigenvalue weighted by Gasteiger charge is -2.33. The number of hydrogen-bond donors (Lipinski definition) is 1. The number of benzene rings is 3. The molecule has 0 fully saturated rings. The number of rotatable bonds is 7. The van der Waals surface area contributed by atoms with E-state index >= 15 is 0 Å². The number of nitrogens with zero attached hydrogens (tertiary/aromatic N) is 1. The van der Waals surface area contributed by atoms with Crippen molar-refractivity contribution in [3.8, 4) is 0 Å². The molecule has 138 valence electrons. The van der Waals surface area contributed by atoms with Gasteiger partial charge in [0.05, 0.1) is 0 Å². The minimum absolute atomic E-state index is 0.375. The van der Waals surface area contributed by atoms with Gasteiger partial charge in [-0.1, -0.05) is 66.7 Å². The Bertz CT molecular complexity index is 905. The molecule has 0 heterocycles. The zero-order valence-corrected chi connectivity index (χ0v) is 15.9. The van der Waals surface area contributed by atoms with Gasteiger partial charge in [-0.25, -0.2) is 5.09 Å². The summed E-state index contributed by atoms with van der Waals surface area (Å²) >= 11 is 0. The molecule has 5 nitrogen and oxygen atoms in total. The molecule has 3 aromatic rings. The van der Waals surface area contributed by atoms with Crippen molar-refractivity contribution < 1.29 is 9.49 Å². The van der Waals surface area contributed by atoms with Crippen LogP contribution in [-0.4, -0.2) is 11.5 Å². The Morgan fingerprint density at radius 1 is 0.852 bits per heavy atom. The van der Waals surface area contributed by atoms with Crippen LogP contribution in [0.3, 0.4) is 0 Å². The van der Waals surface area contributed by atoms with Gasteiger partial charge in [0.1, 0.15) is 5.54 Å². The molecular formula is C21H21N2O3P. The van der Waals surface area contributed by atoms with Crippen molar-refractivity contribution in [3.05, 3.63) is 107 Å². The van der Waals surface area contributed by atoms with E-state index in [2.05, 4.69) is 5.09 Å². The van der Waals surface area contributed by atoms with E-state index in [0.29, 0.717) is 16.2 Å². The minimum atomic E-state index is -3.32. The van der Waals surface area contributed by atoms with Crippen LogP contribution in [-0.2, 0) is 10.1 Å². The van der Waals surface area contributed by atoms with E-state index in [1.807, 2.05) is 66.7 Å². The van der Waals surface area contributed by atoms with E-state index < -0.39 is 12.8 Å². The smallest absolute Gasteiger partial charge is 0.226 e. The standard InChI is InChI=1S/C21H21N2O3P/c1-21(17-23(24)25,18-11-5-2-6-12-18)22-27(26,19-13-7-3-8-14-19)20-15-9-4-10-16-20/h2-16H,17H2,1H3,(H,22,26)/t21-/m0/s1. The molecule has 0 aliphatic heterocycles. The average molecular weight is 380 g/mol. The molecule has 0 aliphatic rings. The first-order valence-corrected chi connectivity index (χ1v) is 10.3. The van der Waals surface area contributed by atoms with Gasteiger partial charge in [-0.05, 0) is 36.8 Å². The molecule has 0 aromatic heterocycles. The Morgan fingerprint density at radius 2 is 1.26 bits per heavy atom. The molecule has 1 N–H and O–H groups in total. The van der Waals surface area contributed by atoms with Crippen LogP contribution < -0.4 is 15.7 Å². The van der Waals surface area contributed by atoms with Gasteiger partial charge in [0.2, 0.25) is 13.8 Å². The third-order valence-corrected chi connectivity index (χ3v) is 7.36. The molecule has 27 heavy (non-hydrogen) atoms. The summed E-state index contributed by atoms with van der Waals surface area (Å²) in [5.41, 5.74) is -0.389. The summed E-state index contributed by atoms with van der Waals surface area (Å²) in [4.78, 5) is 11.0. The van der Waals surface area contributed by atoms with Crippen molar-refractivity contribution in [1.29, 1.82) is 0 Å². The summed E-state index contributed by atoms with van der Waals surface area (Å²) in [5, 5.41) is 15.8. The second kappa shape index (κ2) is 7.87. The molecule has 0 saturated heterocycles. The first-order chi connectivity index (χ1) is 12.9. The van der Waals surface area contributed by atoms with Gasteiger partial charge >= 0.3 is 0 Å². The van der Waals surface area contributed by atoms with E-state index in [0.717, 1.165) is 0 Å². The van der Waals surface area contributed by atoms with Crippen LogP contribution in [0.1, 0.15) is 12.5 Å². The van der Waals surface area contributed by atoms with Crippen LogP contribution in [0.2, 0.25) is 0 Å². The highest BCUT2D eigenvalue weighted by molar-refractivity contribution is 7.77. The van der Waals surface area contributed by atoms with Crippen LogP contribution in [0, 0.1) is 10.1 Å². The maximum absolute atomic E-state index is 14.3. The summed E-state index contributed by atoms with van der Waals surface area (Å²) in [5.74, 6) is 0. The topological polar surface area (TPSA) is 72.2 Å². The fourth-order valence-corrected chi connectivity index (χ4v) is 5.79. The van der Waals surface area contributed by atoms with Gasteiger partial charge < -0.3 is 0 Å². The Morgan fingerprint density at radius 3 is 1.67 bits per heavy atom. The summed E-state index contributed by atoms with van der Waals surface area (Å²) in [6, 6.07) is 27.3. The van der Waals surface area contributed by atoms with E-state index in [1.54, 1.807) is 31.2 Å². The maximum atomic E-state index is 14.3. The highest BCUT2D eigenvalue weighted by Gasteiger charge is 2.40. The van der Waals surface area contributed by atoms with Gasteiger partial charge in [0, 0.05) is 15.5 Å². The minimum Gasteiger partial charge on any atom is -0.296 e. The van der Waals surface area contributed by atoms with E-state index in [-0.39, 0.29) is 11.5 Å². The van der Waals surface area contributed by atoms with Gasteiger partial charge in [-0.15, -0.1) is 0 Å². The van der Waals surface area contributed by atoms with Crippen LogP contribution in [0.4, 0.5) is 0 Å². The Balaban J connectivity index is 2.15. The van der Waals surface area contributed by atoms with Gasteiger partial charge in [0.25, 0.3) is 0 Å². The molecule has 1 atom stereocenters. The van der Waals surface area contributed by atoms with Crippen LogP contribution in [0.5, 0.6) is 0 Å². The lowest BCUT2D eigenvalue weighted by molar-refractivity contribution is -0.490. The van der Waals surface area contributed by atoms with Crippen molar-refractivity contribution in [2.24, 2.45) is 0 Å². The van der Waals surface area contributed by atoms with Crippen LogP contribution in [0.25, 0.3) is 0 Å². The van der Waals surface area contributed by atoms with Gasteiger partial charge in [-0.3, -0.25) is 14.7 Å². The number of nitrogens with one attached hydrogen (secondary N) is 1. The van der Waals surface area contributed by atoms with E-state index in [9.17, 15) is 14.7 Å². The SMILES string of the molecule is C[C@@](C[N+](=O)[O-])(NP(=O)(c1ccccc1)c1ccccc1)c1ccccc1. The highest BCUT2D eigenvalue weighted by Crippen LogP contribution is 2.43. The lowest BCUT2D eigenvalue weighted by Crippen LogP contribution is -2.47. The molecule has 0 radical (unpaired) electrons. The lowest BCUT2D eigenvalue weighted by atomic mass is 9.93. The molecule has 3 rings (SSSR count). The molecule has 0 unspecified atom stereocenters. The van der Waals surface area contributed by atoms with Crippen molar-refractivity contribution in [1.82, 2.24) is 5.09 Å². The number of nitro groups is 1. The largest absolute Gasteiger partial charge is 0.296 e. The van der Waals surface area contributed by atoms with Crippen molar-refractivity contribution in [2.75, 3.05) is 6.54 Å². The second-order valence-electron chi connectivity index (χ2n) is 6.58. The molecule has 0 amide bonds. The third kappa shape index (κ3) is 4.16. The zero-order chi connectivity index (χ0) is 19.3. The maximum Gasteiger partial charge on any atom is 0.226 e. The first-order valence-electron chi connectivity index (χ1n) is 8.62. The zero-order valence-electron chi connectivity index (χ0n) is 15.0. The van der Waals surface area contributed by atoms with Crippen molar-refractivity contribution in [3.63, 3.8) is 0 Å². The van der Waals surface area contributed by atoms with Crippen LogP contribution >= 0.6 is 7.29 Å². The molecule has 0 saturated carbocycles. The van der Waals surface area contributed by atoms with E-state index in [4.69, 9.17) is 0 Å². The predicted molar refractivity (Wildman–Crippen MR) is 109 cm³/mol. The van der Waals surface area contributed by atoms with Gasteiger partial charge in [-0.2, -0.15) is 0 Å². The predicted octanol–water partition coefficient (Wildman–Crippen LogP) is 3.70. The molecular weight excluding hydrogens is 359 g/mol. The summed E-state index contributed by atoms with van der Waals surface area (Å²) in [6.45, 7) is 1.34. The average Bonchev–Trinajstić information content (AvgIpc) is 2.69. The second-order valence-corrected chi connectivity index (χ2v) is 9.06. The first kappa shape index (κ1) is 19.0. The fraction of sp³-hybridized carbons (Fsp3) is 0.143. The summed E-state index contributed by atoms with van der Waals surface area (Å²) in [6.07, 6.45) is 0. The normalized spacial score (nSPS) is 13.7. The molecule has 6 heteroatoms. The molecule has 0 bridgehead atoms. The molecule has 0 spiro atoms. The summed E-state index contributed by atoms with van der Waals surface area (Å²) in [7, 11) is -3.32. The molecule has 3 aromatic carbocycles. The van der Waals surface area contributed by atoms with E-state index in [1.165, 1.54) is 0 Å². The Labute approximate surface area is 158 Å². The molecule has 0 aliphatic carbocycles. The van der Waals surface area contributed by atoms with Crippen molar-refractivity contribution >= 4 is 17.9 Å². The van der Waals surface area contributed by atoms with Crippen molar-refractivity contribution in [2.45, 2.75) is 12.5 Å². The monoisotopic (exact) mass is 380 g/mol. The Hall–Kier alpha value is -2.75. The number of hydrogen-bond acceptors (Lipinski definition) is 3. The Kier molecular flexibility index (Phi) is 5.54. The summed E-state index contributed by atoms with van der Waals surface area (Å²) < 4.78 is 14.3. The fourth-order valence-electron chi connectivity index (χ4n) is 3.16. The van der Waals surface area contributed by atoms with Crippen LogP contribution in [0.15, 0.2) is 91.0 Å². The quantitative estimate of drug-likeness (QED) is 0.385. The highest BCUT2D eigenvalue weighted by atomic mass is 31.2. The third-order valence-electron chi connectivity index (χ3n) is 4.50. The van der Waals surface area contributed by atoms with Gasteiger partial charge in [0.15, 0.2) is 0 Å².